The molecule has 6 nitrogen and oxygen atoms in total. The van der Waals surface area contributed by atoms with Gasteiger partial charge in [0.2, 0.25) is 0 Å². The Morgan fingerprint density at radius 3 is 2.28 bits per heavy atom. The molecule has 2 fully saturated rings. The van der Waals surface area contributed by atoms with E-state index < -0.39 is 5.60 Å². The first-order valence-corrected chi connectivity index (χ1v) is 10.5. The van der Waals surface area contributed by atoms with E-state index in [4.69, 9.17) is 18.8 Å². The summed E-state index contributed by atoms with van der Waals surface area (Å²) in [5.74, 6) is 0.765. The zero-order chi connectivity index (χ0) is 21.4. The van der Waals surface area contributed by atoms with Gasteiger partial charge < -0.3 is 23.7 Å². The lowest BCUT2D eigenvalue weighted by Crippen LogP contribution is -2.42. The lowest BCUT2D eigenvalue weighted by molar-refractivity contribution is 0.00578. The molecule has 0 N–H and O–H groups in total. The van der Waals surface area contributed by atoms with Crippen LogP contribution in [0.3, 0.4) is 0 Å². The maximum atomic E-state index is 12.4. The van der Waals surface area contributed by atoms with Gasteiger partial charge in [0.1, 0.15) is 18.0 Å². The highest BCUT2D eigenvalue weighted by molar-refractivity contribution is 6.62. The number of hydrogen-bond acceptors (Lipinski definition) is 5. The molecule has 29 heavy (non-hydrogen) atoms. The molecule has 0 aromatic heterocycles. The monoisotopic (exact) mass is 403 g/mol. The Hall–Kier alpha value is -1.73. The quantitative estimate of drug-likeness (QED) is 0.717. The van der Waals surface area contributed by atoms with Crippen LogP contribution in [0.2, 0.25) is 0 Å². The van der Waals surface area contributed by atoms with Crippen molar-refractivity contribution in [3.8, 4) is 5.75 Å². The number of carbonyl (C=O) groups excluding carboxylic acids is 1. The second-order valence-corrected chi connectivity index (χ2v) is 9.94. The van der Waals surface area contributed by atoms with E-state index in [-0.39, 0.29) is 30.5 Å². The molecule has 2 heterocycles. The van der Waals surface area contributed by atoms with Crippen LogP contribution in [0.4, 0.5) is 4.79 Å². The molecule has 1 aromatic carbocycles. The normalized spacial score (nSPS) is 23.3. The summed E-state index contributed by atoms with van der Waals surface area (Å²) in [5.41, 5.74) is -0.248. The number of rotatable bonds is 4. The topological polar surface area (TPSA) is 57.2 Å². The Bertz CT molecular complexity index is 710. The van der Waals surface area contributed by atoms with E-state index in [1.807, 2.05) is 72.7 Å². The molecule has 2 aliphatic heterocycles. The molecule has 0 aliphatic carbocycles. The van der Waals surface area contributed by atoms with Gasteiger partial charge in [-0.15, -0.1) is 0 Å². The molecule has 0 bridgehead atoms. The van der Waals surface area contributed by atoms with Crippen LogP contribution >= 0.6 is 0 Å². The molecule has 3 rings (SSSR count). The minimum atomic E-state index is -0.492. The van der Waals surface area contributed by atoms with E-state index in [0.29, 0.717) is 13.2 Å². The number of nitrogens with zero attached hydrogens (tertiary/aromatic N) is 1. The highest BCUT2D eigenvalue weighted by atomic mass is 16.7. The summed E-state index contributed by atoms with van der Waals surface area (Å²) in [6, 6.07) is 7.82. The first-order valence-electron chi connectivity index (χ1n) is 10.5. The van der Waals surface area contributed by atoms with E-state index in [2.05, 4.69) is 0 Å². The van der Waals surface area contributed by atoms with Crippen LogP contribution in [0.25, 0.3) is 0 Å². The average molecular weight is 403 g/mol. The van der Waals surface area contributed by atoms with Gasteiger partial charge in [-0.1, -0.05) is 12.1 Å². The van der Waals surface area contributed by atoms with Crippen LogP contribution in [0.5, 0.6) is 5.75 Å². The fourth-order valence-corrected chi connectivity index (χ4v) is 3.46. The largest absolute Gasteiger partial charge is 0.494 e. The Labute approximate surface area is 175 Å². The van der Waals surface area contributed by atoms with Crippen molar-refractivity contribution >= 4 is 18.7 Å². The van der Waals surface area contributed by atoms with Crippen LogP contribution in [0.1, 0.15) is 61.3 Å². The van der Waals surface area contributed by atoms with Crippen molar-refractivity contribution in [3.63, 3.8) is 0 Å². The lowest BCUT2D eigenvalue weighted by Gasteiger charge is -2.32. The van der Waals surface area contributed by atoms with Gasteiger partial charge >= 0.3 is 13.2 Å². The Kier molecular flexibility index (Phi) is 5.94. The summed E-state index contributed by atoms with van der Waals surface area (Å²) < 4.78 is 23.7. The number of amides is 1. The highest BCUT2D eigenvalue weighted by Crippen LogP contribution is 2.36. The van der Waals surface area contributed by atoms with Crippen molar-refractivity contribution in [2.75, 3.05) is 13.2 Å². The van der Waals surface area contributed by atoms with Crippen LogP contribution in [0, 0.1) is 0 Å². The fourth-order valence-electron chi connectivity index (χ4n) is 3.46. The van der Waals surface area contributed by atoms with Crippen molar-refractivity contribution in [1.29, 1.82) is 0 Å². The molecule has 1 atom stereocenters. The Balaban J connectivity index is 1.56. The third-order valence-electron chi connectivity index (χ3n) is 5.85. The van der Waals surface area contributed by atoms with Crippen molar-refractivity contribution in [3.05, 3.63) is 24.3 Å². The maximum Gasteiger partial charge on any atom is 0.494 e. The molecule has 7 heteroatoms. The Morgan fingerprint density at radius 1 is 1.14 bits per heavy atom. The standard InChI is InChI=1S/C22H34BNO5/c1-20(2,3)27-19(25)24-14-8-9-17(24)15-26-18-12-10-16(11-13-18)23-28-21(4,5)22(6,7)29-23/h10-13,17H,8-9,14-15H2,1-7H3/t17-/m1/s1. The fraction of sp³-hybridized carbons (Fsp3) is 0.682. The van der Waals surface area contributed by atoms with E-state index in [1.54, 1.807) is 4.90 Å². The summed E-state index contributed by atoms with van der Waals surface area (Å²) in [7, 11) is -0.383. The summed E-state index contributed by atoms with van der Waals surface area (Å²) in [4.78, 5) is 14.2. The molecular formula is C22H34BNO5. The molecule has 0 radical (unpaired) electrons. The molecule has 0 saturated carbocycles. The van der Waals surface area contributed by atoms with Gasteiger partial charge in [-0.25, -0.2) is 4.79 Å². The maximum absolute atomic E-state index is 12.4. The highest BCUT2D eigenvalue weighted by Gasteiger charge is 2.51. The molecule has 0 unspecified atom stereocenters. The van der Waals surface area contributed by atoms with Gasteiger partial charge in [-0.3, -0.25) is 0 Å². The molecule has 1 aromatic rings. The second kappa shape index (κ2) is 7.84. The number of carbonyl (C=O) groups is 1. The van der Waals surface area contributed by atoms with Crippen molar-refractivity contribution in [2.24, 2.45) is 0 Å². The number of likely N-dealkylation sites (tertiary alicyclic amines) is 1. The van der Waals surface area contributed by atoms with Crippen molar-refractivity contribution in [1.82, 2.24) is 4.90 Å². The van der Waals surface area contributed by atoms with Gasteiger partial charge in [0.25, 0.3) is 0 Å². The van der Waals surface area contributed by atoms with Crippen LogP contribution in [0.15, 0.2) is 24.3 Å². The third-order valence-corrected chi connectivity index (χ3v) is 5.85. The average Bonchev–Trinajstić information content (AvgIpc) is 3.14. The van der Waals surface area contributed by atoms with Crippen LogP contribution in [-0.4, -0.2) is 54.1 Å². The van der Waals surface area contributed by atoms with E-state index in [9.17, 15) is 4.79 Å². The summed E-state index contributed by atoms with van der Waals surface area (Å²) in [6.45, 7) is 15.0. The smallest absolute Gasteiger partial charge is 0.491 e. The summed E-state index contributed by atoms with van der Waals surface area (Å²) in [5, 5.41) is 0. The predicted molar refractivity (Wildman–Crippen MR) is 114 cm³/mol. The van der Waals surface area contributed by atoms with Crippen molar-refractivity contribution in [2.45, 2.75) is 84.2 Å². The summed E-state index contributed by atoms with van der Waals surface area (Å²) in [6.07, 6.45) is 1.62. The van der Waals surface area contributed by atoms with E-state index in [0.717, 1.165) is 24.1 Å². The van der Waals surface area contributed by atoms with Gasteiger partial charge in [0.15, 0.2) is 0 Å². The minimum Gasteiger partial charge on any atom is -0.491 e. The SMILES string of the molecule is CC(C)(C)OC(=O)N1CCC[C@@H]1COc1ccc(B2OC(C)(C)C(C)(C)O2)cc1. The van der Waals surface area contributed by atoms with Crippen LogP contribution < -0.4 is 10.2 Å². The molecule has 2 saturated heterocycles. The molecule has 160 valence electrons. The van der Waals surface area contributed by atoms with Gasteiger partial charge in [0.05, 0.1) is 17.2 Å². The summed E-state index contributed by atoms with van der Waals surface area (Å²) >= 11 is 0. The zero-order valence-corrected chi connectivity index (χ0v) is 18.8. The van der Waals surface area contributed by atoms with E-state index >= 15 is 0 Å². The zero-order valence-electron chi connectivity index (χ0n) is 18.8. The number of benzene rings is 1. The number of ether oxygens (including phenoxy) is 2. The van der Waals surface area contributed by atoms with E-state index in [1.165, 1.54) is 0 Å². The second-order valence-electron chi connectivity index (χ2n) is 9.94. The number of hydrogen-bond donors (Lipinski definition) is 0. The molecular weight excluding hydrogens is 369 g/mol. The molecule has 1 amide bonds. The van der Waals surface area contributed by atoms with Gasteiger partial charge in [0, 0.05) is 6.54 Å². The lowest BCUT2D eigenvalue weighted by atomic mass is 9.79. The third kappa shape index (κ3) is 5.07. The van der Waals surface area contributed by atoms with Gasteiger partial charge in [-0.05, 0) is 78.9 Å². The minimum absolute atomic E-state index is 0.0348. The van der Waals surface area contributed by atoms with Gasteiger partial charge in [-0.2, -0.15) is 0 Å². The Morgan fingerprint density at radius 2 is 1.72 bits per heavy atom. The first kappa shape index (κ1) is 22.0. The first-order chi connectivity index (χ1) is 13.4. The molecule has 2 aliphatic rings. The molecule has 0 spiro atoms. The van der Waals surface area contributed by atoms with Crippen molar-refractivity contribution < 1.29 is 23.6 Å². The predicted octanol–water partition coefficient (Wildman–Crippen LogP) is 3.76. The van der Waals surface area contributed by atoms with Crippen LogP contribution in [-0.2, 0) is 14.0 Å².